The van der Waals surface area contributed by atoms with E-state index in [1.165, 1.54) is 35.3 Å². The Kier molecular flexibility index (Phi) is 5.60. The van der Waals surface area contributed by atoms with Gasteiger partial charge in [-0.1, -0.05) is 26.0 Å². The lowest BCUT2D eigenvalue weighted by atomic mass is 9.90. The molecule has 0 atom stereocenters. The van der Waals surface area contributed by atoms with E-state index >= 15 is 0 Å². The molecule has 1 fully saturated rings. The number of hydrogen-bond acceptors (Lipinski definition) is 5. The molecule has 30 heavy (non-hydrogen) atoms. The van der Waals surface area contributed by atoms with Gasteiger partial charge < -0.3 is 10.6 Å². The average Bonchev–Trinajstić information content (AvgIpc) is 3.31. The largest absolute Gasteiger partial charge is 0.325 e. The van der Waals surface area contributed by atoms with Gasteiger partial charge in [0.25, 0.3) is 5.91 Å². The lowest BCUT2D eigenvalue weighted by Gasteiger charge is -2.22. The average molecular weight is 427 g/mol. The minimum atomic E-state index is -0.905. The SMILES string of the molecule is CCC1(CC)NC(=O)N(CC(=O)Nc2nc(-c3ccc4c(c3)CCCC4)cs2)C1=O. The molecule has 2 heterocycles. The molecule has 1 aromatic carbocycles. The molecule has 4 amide bonds. The van der Waals surface area contributed by atoms with E-state index in [-0.39, 0.29) is 12.5 Å². The standard InChI is InChI=1S/C22H26N4O3S/c1-3-22(4-2)19(28)26(21(29)25-22)12-18(27)24-20-23-17(13-30-20)16-10-9-14-7-5-6-8-15(14)11-16/h9-11,13H,3-8,12H2,1-2H3,(H,25,29)(H,23,24,27). The van der Waals surface area contributed by atoms with Crippen LogP contribution in [0.1, 0.15) is 50.7 Å². The number of carbonyl (C=O) groups excluding carboxylic acids is 3. The Hall–Kier alpha value is -2.74. The summed E-state index contributed by atoms with van der Waals surface area (Å²) in [7, 11) is 0. The third kappa shape index (κ3) is 3.71. The van der Waals surface area contributed by atoms with Crippen molar-refractivity contribution in [1.29, 1.82) is 0 Å². The Morgan fingerprint density at radius 3 is 2.63 bits per heavy atom. The quantitative estimate of drug-likeness (QED) is 0.689. The second kappa shape index (κ2) is 8.18. The number of imide groups is 1. The second-order valence-corrected chi connectivity index (χ2v) is 8.75. The predicted molar refractivity (Wildman–Crippen MR) is 116 cm³/mol. The number of nitrogens with one attached hydrogen (secondary N) is 2. The van der Waals surface area contributed by atoms with Crippen LogP contribution in [0.25, 0.3) is 11.3 Å². The molecule has 4 rings (SSSR count). The van der Waals surface area contributed by atoms with Crippen molar-refractivity contribution in [3.8, 4) is 11.3 Å². The van der Waals surface area contributed by atoms with Crippen LogP contribution in [0.2, 0.25) is 0 Å². The van der Waals surface area contributed by atoms with Gasteiger partial charge in [-0.3, -0.25) is 14.5 Å². The highest BCUT2D eigenvalue weighted by molar-refractivity contribution is 7.14. The minimum Gasteiger partial charge on any atom is -0.323 e. The van der Waals surface area contributed by atoms with Crippen LogP contribution < -0.4 is 10.6 Å². The number of nitrogens with zero attached hydrogens (tertiary/aromatic N) is 2. The molecular weight excluding hydrogens is 400 g/mol. The fourth-order valence-corrected chi connectivity index (χ4v) is 4.94. The van der Waals surface area contributed by atoms with Gasteiger partial charge >= 0.3 is 6.03 Å². The molecule has 158 valence electrons. The molecule has 1 saturated heterocycles. The van der Waals surface area contributed by atoms with Gasteiger partial charge in [-0.2, -0.15) is 0 Å². The molecule has 0 spiro atoms. The lowest BCUT2D eigenvalue weighted by molar-refractivity contribution is -0.134. The van der Waals surface area contributed by atoms with Crippen molar-refractivity contribution >= 4 is 34.3 Å². The van der Waals surface area contributed by atoms with Crippen molar-refractivity contribution in [1.82, 2.24) is 15.2 Å². The number of fused-ring (bicyclic) bond motifs is 1. The van der Waals surface area contributed by atoms with E-state index in [1.807, 2.05) is 19.2 Å². The number of aryl methyl sites for hydroxylation is 2. The van der Waals surface area contributed by atoms with E-state index in [4.69, 9.17) is 0 Å². The molecule has 2 aromatic rings. The van der Waals surface area contributed by atoms with E-state index in [1.54, 1.807) is 0 Å². The smallest absolute Gasteiger partial charge is 0.323 e. The molecule has 1 aliphatic carbocycles. The lowest BCUT2D eigenvalue weighted by Crippen LogP contribution is -2.46. The van der Waals surface area contributed by atoms with Crippen LogP contribution in [0.4, 0.5) is 9.93 Å². The third-order valence-corrected chi connectivity index (χ3v) is 6.91. The summed E-state index contributed by atoms with van der Waals surface area (Å²) in [5.74, 6) is -0.783. The zero-order valence-electron chi connectivity index (χ0n) is 17.3. The molecule has 0 unspecified atom stereocenters. The van der Waals surface area contributed by atoms with Gasteiger partial charge in [0.15, 0.2) is 5.13 Å². The number of urea groups is 1. The summed E-state index contributed by atoms with van der Waals surface area (Å²) in [6.45, 7) is 3.38. The van der Waals surface area contributed by atoms with Crippen molar-refractivity contribution < 1.29 is 14.4 Å². The molecule has 0 saturated carbocycles. The topological polar surface area (TPSA) is 91.4 Å². The number of aromatic nitrogens is 1. The number of thiazole rings is 1. The van der Waals surface area contributed by atoms with Gasteiger partial charge in [0, 0.05) is 10.9 Å². The van der Waals surface area contributed by atoms with Crippen molar-refractivity contribution in [2.45, 2.75) is 57.9 Å². The molecule has 7 nitrogen and oxygen atoms in total. The molecule has 1 aliphatic heterocycles. The first-order chi connectivity index (χ1) is 14.5. The van der Waals surface area contributed by atoms with Gasteiger partial charge in [-0.15, -0.1) is 11.3 Å². The summed E-state index contributed by atoms with van der Waals surface area (Å²) < 4.78 is 0. The van der Waals surface area contributed by atoms with Crippen molar-refractivity contribution in [3.05, 3.63) is 34.7 Å². The Balaban J connectivity index is 1.42. The maximum absolute atomic E-state index is 12.6. The summed E-state index contributed by atoms with van der Waals surface area (Å²) in [6, 6.07) is 5.92. The highest BCUT2D eigenvalue weighted by Gasteiger charge is 2.49. The highest BCUT2D eigenvalue weighted by atomic mass is 32.1. The maximum Gasteiger partial charge on any atom is 0.325 e. The van der Waals surface area contributed by atoms with E-state index in [0.29, 0.717) is 18.0 Å². The third-order valence-electron chi connectivity index (χ3n) is 6.15. The maximum atomic E-state index is 12.6. The van der Waals surface area contributed by atoms with E-state index in [0.717, 1.165) is 29.0 Å². The molecule has 8 heteroatoms. The molecule has 0 radical (unpaired) electrons. The van der Waals surface area contributed by atoms with Crippen LogP contribution in [0.15, 0.2) is 23.6 Å². The summed E-state index contributed by atoms with van der Waals surface area (Å²) in [5.41, 5.74) is 3.74. The van der Waals surface area contributed by atoms with Crippen LogP contribution in [0, 0.1) is 0 Å². The fraction of sp³-hybridized carbons (Fsp3) is 0.455. The van der Waals surface area contributed by atoms with Crippen LogP contribution in [0.5, 0.6) is 0 Å². The molecule has 1 aromatic heterocycles. The summed E-state index contributed by atoms with van der Waals surface area (Å²) in [4.78, 5) is 42.8. The molecule has 0 bridgehead atoms. The van der Waals surface area contributed by atoms with Crippen molar-refractivity contribution in [2.75, 3.05) is 11.9 Å². The fourth-order valence-electron chi connectivity index (χ4n) is 4.21. The number of amides is 4. The Morgan fingerprint density at radius 1 is 1.20 bits per heavy atom. The normalized spacial score (nSPS) is 17.6. The van der Waals surface area contributed by atoms with Gasteiger partial charge in [-0.25, -0.2) is 9.78 Å². The summed E-state index contributed by atoms with van der Waals surface area (Å²) in [5, 5.41) is 7.82. The highest BCUT2D eigenvalue weighted by Crippen LogP contribution is 2.30. The summed E-state index contributed by atoms with van der Waals surface area (Å²) >= 11 is 1.33. The van der Waals surface area contributed by atoms with Gasteiger partial charge in [0.1, 0.15) is 12.1 Å². The Bertz CT molecular complexity index is 996. The van der Waals surface area contributed by atoms with Crippen LogP contribution >= 0.6 is 11.3 Å². The van der Waals surface area contributed by atoms with Crippen LogP contribution in [-0.2, 0) is 22.4 Å². The molecule has 2 N–H and O–H groups in total. The van der Waals surface area contributed by atoms with Crippen molar-refractivity contribution in [2.24, 2.45) is 0 Å². The zero-order chi connectivity index (χ0) is 21.3. The van der Waals surface area contributed by atoms with Crippen molar-refractivity contribution in [3.63, 3.8) is 0 Å². The first-order valence-corrected chi connectivity index (χ1v) is 11.4. The molecule has 2 aliphatic rings. The van der Waals surface area contributed by atoms with E-state index in [9.17, 15) is 14.4 Å². The van der Waals surface area contributed by atoms with Crippen LogP contribution in [0.3, 0.4) is 0 Å². The second-order valence-electron chi connectivity index (χ2n) is 7.89. The number of carbonyl (C=O) groups is 3. The minimum absolute atomic E-state index is 0.319. The number of hydrogen-bond donors (Lipinski definition) is 2. The predicted octanol–water partition coefficient (Wildman–Crippen LogP) is 3.74. The van der Waals surface area contributed by atoms with Gasteiger partial charge in [0.2, 0.25) is 5.91 Å². The number of anilines is 1. The first kappa shape index (κ1) is 20.5. The van der Waals surface area contributed by atoms with E-state index in [2.05, 4.69) is 33.8 Å². The molecular formula is C22H26N4O3S. The zero-order valence-corrected chi connectivity index (χ0v) is 18.1. The first-order valence-electron chi connectivity index (χ1n) is 10.5. The van der Waals surface area contributed by atoms with Gasteiger partial charge in [-0.05, 0) is 55.7 Å². The van der Waals surface area contributed by atoms with E-state index < -0.39 is 17.5 Å². The monoisotopic (exact) mass is 426 g/mol. The Morgan fingerprint density at radius 2 is 1.93 bits per heavy atom. The number of rotatable bonds is 6. The number of benzene rings is 1. The summed E-state index contributed by atoms with van der Waals surface area (Å²) in [6.07, 6.45) is 5.67. The van der Waals surface area contributed by atoms with Crippen LogP contribution in [-0.4, -0.2) is 39.8 Å². The Labute approximate surface area is 179 Å². The van der Waals surface area contributed by atoms with Gasteiger partial charge in [0.05, 0.1) is 5.69 Å².